The average molecular weight is 380 g/mol. The lowest BCUT2D eigenvalue weighted by Crippen LogP contribution is -2.22. The van der Waals surface area contributed by atoms with Crippen molar-refractivity contribution in [2.24, 2.45) is 0 Å². The molecular formula is C14H13Cl3N2O2S. The van der Waals surface area contributed by atoms with Gasteiger partial charge < -0.3 is 9.73 Å². The molecule has 0 saturated carbocycles. The molecule has 0 radical (unpaired) electrons. The highest BCUT2D eigenvalue weighted by molar-refractivity contribution is 8.00. The SMILES string of the molecule is Cc1nc(SC(C)C(=O)Nc2cc(Cl)c(Cl)cc2Cl)oc1C. The van der Waals surface area contributed by atoms with Crippen molar-refractivity contribution in [3.05, 3.63) is 38.7 Å². The Bertz CT molecular complexity index is 699. The number of halogens is 3. The molecule has 0 aliphatic carbocycles. The predicted molar refractivity (Wildman–Crippen MR) is 91.4 cm³/mol. The summed E-state index contributed by atoms with van der Waals surface area (Å²) in [4.78, 5) is 16.5. The summed E-state index contributed by atoms with van der Waals surface area (Å²) >= 11 is 19.0. The topological polar surface area (TPSA) is 55.1 Å². The van der Waals surface area contributed by atoms with Crippen LogP contribution in [-0.2, 0) is 4.79 Å². The second-order valence-corrected chi connectivity index (χ2v) is 7.13. The van der Waals surface area contributed by atoms with Gasteiger partial charge in [0.15, 0.2) is 0 Å². The van der Waals surface area contributed by atoms with Crippen molar-refractivity contribution >= 4 is 58.2 Å². The van der Waals surface area contributed by atoms with Gasteiger partial charge in [0.05, 0.1) is 31.7 Å². The second-order valence-electron chi connectivity index (χ2n) is 4.62. The molecule has 0 aliphatic heterocycles. The minimum absolute atomic E-state index is 0.237. The fraction of sp³-hybridized carbons (Fsp3) is 0.286. The monoisotopic (exact) mass is 378 g/mol. The van der Waals surface area contributed by atoms with E-state index < -0.39 is 5.25 Å². The number of hydrogen-bond acceptors (Lipinski definition) is 4. The number of aryl methyl sites for hydroxylation is 2. The van der Waals surface area contributed by atoms with Gasteiger partial charge in [-0.3, -0.25) is 4.79 Å². The average Bonchev–Trinajstić information content (AvgIpc) is 2.74. The first kappa shape index (κ1) is 17.5. The number of carbonyl (C=O) groups excluding carboxylic acids is 1. The highest BCUT2D eigenvalue weighted by Crippen LogP contribution is 2.33. The molecule has 0 fully saturated rings. The minimum Gasteiger partial charge on any atom is -0.437 e. The summed E-state index contributed by atoms with van der Waals surface area (Å²) in [5, 5.41) is 3.73. The first-order chi connectivity index (χ1) is 10.3. The van der Waals surface area contributed by atoms with Gasteiger partial charge in [-0.15, -0.1) is 0 Å². The van der Waals surface area contributed by atoms with Crippen molar-refractivity contribution in [3.8, 4) is 0 Å². The molecule has 4 nitrogen and oxygen atoms in total. The zero-order valence-corrected chi connectivity index (χ0v) is 15.1. The van der Waals surface area contributed by atoms with Crippen molar-refractivity contribution in [2.45, 2.75) is 31.2 Å². The van der Waals surface area contributed by atoms with Gasteiger partial charge >= 0.3 is 0 Å². The number of benzene rings is 1. The van der Waals surface area contributed by atoms with Crippen molar-refractivity contribution in [1.82, 2.24) is 4.98 Å². The van der Waals surface area contributed by atoms with E-state index in [1.807, 2.05) is 13.8 Å². The number of anilines is 1. The molecule has 2 aromatic rings. The maximum absolute atomic E-state index is 12.2. The number of thioether (sulfide) groups is 1. The Labute approximate surface area is 147 Å². The van der Waals surface area contributed by atoms with Crippen molar-refractivity contribution < 1.29 is 9.21 Å². The zero-order chi connectivity index (χ0) is 16.4. The molecular weight excluding hydrogens is 367 g/mol. The summed E-state index contributed by atoms with van der Waals surface area (Å²) in [7, 11) is 0. The van der Waals surface area contributed by atoms with E-state index in [1.165, 1.54) is 23.9 Å². The normalized spacial score (nSPS) is 12.3. The van der Waals surface area contributed by atoms with Crippen LogP contribution in [0.3, 0.4) is 0 Å². The van der Waals surface area contributed by atoms with Gasteiger partial charge in [0, 0.05) is 0 Å². The molecule has 1 aromatic heterocycles. The Morgan fingerprint density at radius 3 is 2.45 bits per heavy atom. The number of amides is 1. The van der Waals surface area contributed by atoms with Gasteiger partial charge in [-0.2, -0.15) is 0 Å². The van der Waals surface area contributed by atoms with Crippen LogP contribution in [0.1, 0.15) is 18.4 Å². The molecule has 1 N–H and O–H groups in total. The molecule has 1 aromatic carbocycles. The Hall–Kier alpha value is -0.880. The van der Waals surface area contributed by atoms with Crippen LogP contribution in [0.4, 0.5) is 5.69 Å². The number of nitrogens with one attached hydrogen (secondary N) is 1. The molecule has 2 rings (SSSR count). The quantitative estimate of drug-likeness (QED) is 0.573. The third-order valence-corrected chi connectivity index (χ3v) is 4.90. The molecule has 0 bridgehead atoms. The van der Waals surface area contributed by atoms with Gasteiger partial charge in [-0.1, -0.05) is 46.6 Å². The number of carbonyl (C=O) groups is 1. The van der Waals surface area contributed by atoms with E-state index >= 15 is 0 Å². The summed E-state index contributed by atoms with van der Waals surface area (Å²) in [6, 6.07) is 3.00. The lowest BCUT2D eigenvalue weighted by Gasteiger charge is -2.12. The fourth-order valence-electron chi connectivity index (χ4n) is 1.55. The Morgan fingerprint density at radius 1 is 1.23 bits per heavy atom. The molecule has 1 atom stereocenters. The molecule has 8 heteroatoms. The van der Waals surface area contributed by atoms with Crippen LogP contribution in [0.5, 0.6) is 0 Å². The smallest absolute Gasteiger partial charge is 0.256 e. The van der Waals surface area contributed by atoms with Crippen LogP contribution < -0.4 is 5.32 Å². The third kappa shape index (κ3) is 4.10. The molecule has 22 heavy (non-hydrogen) atoms. The van der Waals surface area contributed by atoms with E-state index in [-0.39, 0.29) is 5.91 Å². The van der Waals surface area contributed by atoms with E-state index in [1.54, 1.807) is 6.92 Å². The van der Waals surface area contributed by atoms with Gasteiger partial charge in [-0.05, 0) is 32.9 Å². The molecule has 0 saturated heterocycles. The van der Waals surface area contributed by atoms with Crippen LogP contribution in [0.15, 0.2) is 21.8 Å². The molecule has 118 valence electrons. The van der Waals surface area contributed by atoms with Crippen molar-refractivity contribution in [2.75, 3.05) is 5.32 Å². The number of hydrogen-bond donors (Lipinski definition) is 1. The molecule has 1 unspecified atom stereocenters. The molecule has 1 heterocycles. The maximum Gasteiger partial charge on any atom is 0.256 e. The van der Waals surface area contributed by atoms with E-state index in [4.69, 9.17) is 39.2 Å². The Kier molecular flexibility index (Phi) is 5.66. The summed E-state index contributed by atoms with van der Waals surface area (Å²) in [5.41, 5.74) is 1.22. The maximum atomic E-state index is 12.2. The van der Waals surface area contributed by atoms with E-state index in [0.29, 0.717) is 26.0 Å². The van der Waals surface area contributed by atoms with Gasteiger partial charge in [0.1, 0.15) is 5.76 Å². The highest BCUT2D eigenvalue weighted by atomic mass is 35.5. The zero-order valence-electron chi connectivity index (χ0n) is 12.0. The van der Waals surface area contributed by atoms with Crippen LogP contribution in [-0.4, -0.2) is 16.1 Å². The van der Waals surface area contributed by atoms with Crippen LogP contribution in [0.2, 0.25) is 15.1 Å². The lowest BCUT2D eigenvalue weighted by atomic mass is 10.3. The number of oxazole rings is 1. The molecule has 0 spiro atoms. The van der Waals surface area contributed by atoms with Gasteiger partial charge in [-0.25, -0.2) is 4.98 Å². The fourth-order valence-corrected chi connectivity index (χ4v) is 2.98. The van der Waals surface area contributed by atoms with Gasteiger partial charge in [0.25, 0.3) is 5.22 Å². The summed E-state index contributed by atoms with van der Waals surface area (Å²) in [6.45, 7) is 5.43. The molecule has 1 amide bonds. The second kappa shape index (κ2) is 7.13. The van der Waals surface area contributed by atoms with E-state index in [9.17, 15) is 4.79 Å². The predicted octanol–water partition coefficient (Wildman–Crippen LogP) is 5.37. The first-order valence-corrected chi connectivity index (χ1v) is 8.35. The number of rotatable bonds is 4. The third-order valence-electron chi connectivity index (χ3n) is 2.92. The Morgan fingerprint density at radius 2 is 1.86 bits per heavy atom. The van der Waals surface area contributed by atoms with Crippen molar-refractivity contribution in [3.63, 3.8) is 0 Å². The standard InChI is InChI=1S/C14H13Cl3N2O2S/c1-6-7(2)21-14(18-6)22-8(3)13(20)19-12-5-10(16)9(15)4-11(12)17/h4-5,8H,1-3H3,(H,19,20). The number of nitrogens with zero attached hydrogens (tertiary/aromatic N) is 1. The first-order valence-electron chi connectivity index (χ1n) is 6.34. The number of aromatic nitrogens is 1. The van der Waals surface area contributed by atoms with E-state index in [0.717, 1.165) is 11.5 Å². The largest absolute Gasteiger partial charge is 0.437 e. The van der Waals surface area contributed by atoms with Crippen LogP contribution >= 0.6 is 46.6 Å². The summed E-state index contributed by atoms with van der Waals surface area (Å²) in [5.74, 6) is 0.501. The van der Waals surface area contributed by atoms with E-state index in [2.05, 4.69) is 10.3 Å². The Balaban J connectivity index is 2.07. The van der Waals surface area contributed by atoms with Crippen LogP contribution in [0, 0.1) is 13.8 Å². The highest BCUT2D eigenvalue weighted by Gasteiger charge is 2.19. The minimum atomic E-state index is -0.414. The van der Waals surface area contributed by atoms with Crippen molar-refractivity contribution in [1.29, 1.82) is 0 Å². The lowest BCUT2D eigenvalue weighted by molar-refractivity contribution is -0.115. The summed E-state index contributed by atoms with van der Waals surface area (Å²) in [6.07, 6.45) is 0. The van der Waals surface area contributed by atoms with Gasteiger partial charge in [0.2, 0.25) is 5.91 Å². The molecule has 0 aliphatic rings. The summed E-state index contributed by atoms with van der Waals surface area (Å²) < 4.78 is 5.45. The van der Waals surface area contributed by atoms with Crippen LogP contribution in [0.25, 0.3) is 0 Å².